The molecular formula is C11H19N3O2. The number of amides is 2. The van der Waals surface area contributed by atoms with E-state index in [1.807, 2.05) is 0 Å². The number of nitrogens with two attached hydrogens (primary N) is 1. The maximum atomic E-state index is 11.9. The molecule has 0 bridgehead atoms. The van der Waals surface area contributed by atoms with Gasteiger partial charge in [0.05, 0.1) is 0 Å². The van der Waals surface area contributed by atoms with Gasteiger partial charge in [-0.25, -0.2) is 0 Å². The lowest BCUT2D eigenvalue weighted by Gasteiger charge is -2.23. The summed E-state index contributed by atoms with van der Waals surface area (Å²) in [7, 11) is 0. The molecule has 16 heavy (non-hydrogen) atoms. The monoisotopic (exact) mass is 225 g/mol. The van der Waals surface area contributed by atoms with Crippen molar-refractivity contribution in [1.82, 2.24) is 10.2 Å². The fourth-order valence-corrected chi connectivity index (χ4v) is 2.13. The molecular weight excluding hydrogens is 206 g/mol. The fourth-order valence-electron chi connectivity index (χ4n) is 2.13. The standard InChI is InChI=1S/C11H19N3O2/c12-6-5-10(15)14-7-1-2-9(14)11(16)13-8-3-4-8/h8-9H,1-7,12H2,(H,13,16)/t9-/m0/s1. The normalized spacial score (nSPS) is 24.6. The first-order valence-corrected chi connectivity index (χ1v) is 6.02. The van der Waals surface area contributed by atoms with E-state index in [4.69, 9.17) is 5.73 Å². The highest BCUT2D eigenvalue weighted by Crippen LogP contribution is 2.22. The number of nitrogens with one attached hydrogen (secondary N) is 1. The molecule has 1 heterocycles. The average Bonchev–Trinajstić information content (AvgIpc) is 2.93. The highest BCUT2D eigenvalue weighted by molar-refractivity contribution is 5.88. The van der Waals surface area contributed by atoms with Gasteiger partial charge in [-0.3, -0.25) is 9.59 Å². The summed E-state index contributed by atoms with van der Waals surface area (Å²) in [5, 5.41) is 2.96. The Morgan fingerprint density at radius 1 is 1.31 bits per heavy atom. The lowest BCUT2D eigenvalue weighted by atomic mass is 10.2. The van der Waals surface area contributed by atoms with Gasteiger partial charge in [0.25, 0.3) is 0 Å². The van der Waals surface area contributed by atoms with Crippen LogP contribution in [0.4, 0.5) is 0 Å². The van der Waals surface area contributed by atoms with Crippen molar-refractivity contribution in [2.24, 2.45) is 5.73 Å². The molecule has 1 atom stereocenters. The Kier molecular flexibility index (Phi) is 3.43. The van der Waals surface area contributed by atoms with E-state index < -0.39 is 0 Å². The molecule has 1 saturated carbocycles. The molecule has 5 nitrogen and oxygen atoms in total. The summed E-state index contributed by atoms with van der Waals surface area (Å²) in [5.41, 5.74) is 5.36. The summed E-state index contributed by atoms with van der Waals surface area (Å²) in [4.78, 5) is 25.3. The summed E-state index contributed by atoms with van der Waals surface area (Å²) >= 11 is 0. The van der Waals surface area contributed by atoms with Crippen molar-refractivity contribution in [3.63, 3.8) is 0 Å². The topological polar surface area (TPSA) is 75.4 Å². The molecule has 0 aromatic rings. The largest absolute Gasteiger partial charge is 0.352 e. The summed E-state index contributed by atoms with van der Waals surface area (Å²) in [6, 6.07) is 0.110. The van der Waals surface area contributed by atoms with E-state index in [0.29, 0.717) is 25.6 Å². The molecule has 0 aromatic carbocycles. The van der Waals surface area contributed by atoms with Gasteiger partial charge >= 0.3 is 0 Å². The van der Waals surface area contributed by atoms with Crippen LogP contribution >= 0.6 is 0 Å². The zero-order valence-corrected chi connectivity index (χ0v) is 9.45. The van der Waals surface area contributed by atoms with E-state index >= 15 is 0 Å². The third-order valence-electron chi connectivity index (χ3n) is 3.16. The zero-order valence-electron chi connectivity index (χ0n) is 9.45. The molecule has 1 aliphatic carbocycles. The smallest absolute Gasteiger partial charge is 0.243 e. The first kappa shape index (κ1) is 11.4. The Morgan fingerprint density at radius 3 is 2.69 bits per heavy atom. The second-order valence-corrected chi connectivity index (χ2v) is 4.57. The van der Waals surface area contributed by atoms with E-state index in [2.05, 4.69) is 5.32 Å². The molecule has 2 rings (SSSR count). The van der Waals surface area contributed by atoms with Gasteiger partial charge in [0.1, 0.15) is 6.04 Å². The number of hydrogen-bond acceptors (Lipinski definition) is 3. The van der Waals surface area contributed by atoms with Crippen molar-refractivity contribution >= 4 is 11.8 Å². The predicted octanol–water partition coefficient (Wildman–Crippen LogP) is -0.395. The van der Waals surface area contributed by atoms with Crippen LogP contribution in [0.2, 0.25) is 0 Å². The molecule has 0 radical (unpaired) electrons. The summed E-state index contributed by atoms with van der Waals surface area (Å²) in [6.07, 6.45) is 4.20. The Hall–Kier alpha value is -1.10. The maximum Gasteiger partial charge on any atom is 0.243 e. The minimum Gasteiger partial charge on any atom is -0.352 e. The van der Waals surface area contributed by atoms with Crippen LogP contribution in [0.15, 0.2) is 0 Å². The highest BCUT2D eigenvalue weighted by atomic mass is 16.2. The van der Waals surface area contributed by atoms with Gasteiger partial charge in [0.15, 0.2) is 0 Å². The van der Waals surface area contributed by atoms with Crippen LogP contribution in [0.3, 0.4) is 0 Å². The SMILES string of the molecule is NCCC(=O)N1CCC[C@H]1C(=O)NC1CC1. The van der Waals surface area contributed by atoms with Crippen molar-refractivity contribution in [2.75, 3.05) is 13.1 Å². The first-order chi connectivity index (χ1) is 7.72. The highest BCUT2D eigenvalue weighted by Gasteiger charge is 2.35. The van der Waals surface area contributed by atoms with Gasteiger partial charge in [-0.1, -0.05) is 0 Å². The van der Waals surface area contributed by atoms with E-state index in [1.165, 1.54) is 0 Å². The van der Waals surface area contributed by atoms with E-state index in [9.17, 15) is 9.59 Å². The van der Waals surface area contributed by atoms with Gasteiger partial charge in [0.2, 0.25) is 11.8 Å². The Balaban J connectivity index is 1.90. The predicted molar refractivity (Wildman–Crippen MR) is 59.6 cm³/mol. The Bertz CT molecular complexity index is 289. The first-order valence-electron chi connectivity index (χ1n) is 6.02. The van der Waals surface area contributed by atoms with Crippen LogP contribution in [-0.4, -0.2) is 41.9 Å². The molecule has 0 unspecified atom stereocenters. The number of hydrogen-bond donors (Lipinski definition) is 2. The molecule has 3 N–H and O–H groups in total. The van der Waals surface area contributed by atoms with Gasteiger partial charge < -0.3 is 16.0 Å². The molecule has 2 aliphatic rings. The van der Waals surface area contributed by atoms with Crippen LogP contribution in [0.1, 0.15) is 32.1 Å². The average molecular weight is 225 g/mol. The molecule has 5 heteroatoms. The minimum atomic E-state index is -0.250. The Morgan fingerprint density at radius 2 is 2.06 bits per heavy atom. The lowest BCUT2D eigenvalue weighted by Crippen LogP contribution is -2.46. The molecule has 1 saturated heterocycles. The number of carbonyl (C=O) groups is 2. The third kappa shape index (κ3) is 2.52. The Labute approximate surface area is 95.3 Å². The van der Waals surface area contributed by atoms with Crippen LogP contribution in [-0.2, 0) is 9.59 Å². The van der Waals surface area contributed by atoms with E-state index in [0.717, 1.165) is 25.7 Å². The second kappa shape index (κ2) is 4.82. The van der Waals surface area contributed by atoms with Gasteiger partial charge in [-0.15, -0.1) is 0 Å². The van der Waals surface area contributed by atoms with Gasteiger partial charge in [0, 0.05) is 25.6 Å². The van der Waals surface area contributed by atoms with Crippen molar-refractivity contribution in [3.05, 3.63) is 0 Å². The van der Waals surface area contributed by atoms with Crippen LogP contribution < -0.4 is 11.1 Å². The molecule has 2 amide bonds. The summed E-state index contributed by atoms with van der Waals surface area (Å²) < 4.78 is 0. The molecule has 0 aromatic heterocycles. The van der Waals surface area contributed by atoms with Crippen LogP contribution in [0, 0.1) is 0 Å². The van der Waals surface area contributed by atoms with Crippen molar-refractivity contribution in [2.45, 2.75) is 44.2 Å². The van der Waals surface area contributed by atoms with Crippen LogP contribution in [0.5, 0.6) is 0 Å². The van der Waals surface area contributed by atoms with Crippen molar-refractivity contribution < 1.29 is 9.59 Å². The molecule has 2 fully saturated rings. The van der Waals surface area contributed by atoms with Crippen molar-refractivity contribution in [1.29, 1.82) is 0 Å². The van der Waals surface area contributed by atoms with Crippen LogP contribution in [0.25, 0.3) is 0 Å². The summed E-state index contributed by atoms with van der Waals surface area (Å²) in [5.74, 6) is 0.0290. The quantitative estimate of drug-likeness (QED) is 0.684. The number of likely N-dealkylation sites (tertiary alicyclic amines) is 1. The van der Waals surface area contributed by atoms with E-state index in [1.54, 1.807) is 4.90 Å². The minimum absolute atomic E-state index is 0.0101. The lowest BCUT2D eigenvalue weighted by molar-refractivity contribution is -0.138. The molecule has 0 spiro atoms. The fraction of sp³-hybridized carbons (Fsp3) is 0.818. The number of rotatable bonds is 4. The third-order valence-corrected chi connectivity index (χ3v) is 3.16. The maximum absolute atomic E-state index is 11.9. The van der Waals surface area contributed by atoms with Gasteiger partial charge in [-0.05, 0) is 25.7 Å². The number of carbonyl (C=O) groups excluding carboxylic acids is 2. The second-order valence-electron chi connectivity index (χ2n) is 4.57. The molecule has 1 aliphatic heterocycles. The van der Waals surface area contributed by atoms with E-state index in [-0.39, 0.29) is 17.9 Å². The van der Waals surface area contributed by atoms with Gasteiger partial charge in [-0.2, -0.15) is 0 Å². The zero-order chi connectivity index (χ0) is 11.5. The molecule has 90 valence electrons. The summed E-state index contributed by atoms with van der Waals surface area (Å²) in [6.45, 7) is 1.05. The number of nitrogens with zero attached hydrogens (tertiary/aromatic N) is 1. The van der Waals surface area contributed by atoms with Crippen molar-refractivity contribution in [3.8, 4) is 0 Å².